The molecule has 0 aliphatic heterocycles. The summed E-state index contributed by atoms with van der Waals surface area (Å²) in [5.41, 5.74) is 0.132. The van der Waals surface area contributed by atoms with Crippen molar-refractivity contribution in [3.05, 3.63) is 29.6 Å². The lowest BCUT2D eigenvalue weighted by molar-refractivity contribution is -0.137. The lowest BCUT2D eigenvalue weighted by Crippen LogP contribution is -2.33. The SMILES string of the molecule is CC(C)CC(=O)Nc1ccc(C(=O)NC(C)CCC(=O)O)cc1F. The molecule has 3 N–H and O–H groups in total. The predicted octanol–water partition coefficient (Wildman–Crippen LogP) is 2.79. The van der Waals surface area contributed by atoms with E-state index in [1.165, 1.54) is 12.1 Å². The van der Waals surface area contributed by atoms with Crippen molar-refractivity contribution in [1.82, 2.24) is 5.32 Å². The Labute approximate surface area is 140 Å². The van der Waals surface area contributed by atoms with Crippen molar-refractivity contribution in [3.8, 4) is 0 Å². The molecule has 0 saturated carbocycles. The van der Waals surface area contributed by atoms with Gasteiger partial charge in [-0.05, 0) is 37.5 Å². The number of amides is 2. The molecule has 0 aliphatic rings. The maximum atomic E-state index is 14.0. The van der Waals surface area contributed by atoms with E-state index in [-0.39, 0.29) is 48.4 Å². The Morgan fingerprint density at radius 1 is 1.21 bits per heavy atom. The second-order valence-corrected chi connectivity index (χ2v) is 6.15. The lowest BCUT2D eigenvalue weighted by Gasteiger charge is -2.13. The molecule has 0 heterocycles. The summed E-state index contributed by atoms with van der Waals surface area (Å²) < 4.78 is 14.0. The fourth-order valence-electron chi connectivity index (χ4n) is 2.05. The molecule has 0 bridgehead atoms. The van der Waals surface area contributed by atoms with Gasteiger partial charge in [-0.2, -0.15) is 0 Å². The van der Waals surface area contributed by atoms with Crippen LogP contribution >= 0.6 is 0 Å². The second-order valence-electron chi connectivity index (χ2n) is 6.15. The number of rotatable bonds is 8. The number of anilines is 1. The summed E-state index contributed by atoms with van der Waals surface area (Å²) in [5.74, 6) is -2.26. The summed E-state index contributed by atoms with van der Waals surface area (Å²) in [5, 5.41) is 13.7. The molecule has 1 aromatic carbocycles. The molecule has 1 aromatic rings. The molecular weight excluding hydrogens is 315 g/mol. The largest absolute Gasteiger partial charge is 0.481 e. The molecule has 0 aliphatic carbocycles. The molecule has 0 radical (unpaired) electrons. The van der Waals surface area contributed by atoms with E-state index in [0.717, 1.165) is 6.07 Å². The average Bonchev–Trinajstić information content (AvgIpc) is 2.46. The number of aliphatic carboxylic acids is 1. The lowest BCUT2D eigenvalue weighted by atomic mass is 10.1. The topological polar surface area (TPSA) is 95.5 Å². The Hall–Kier alpha value is -2.44. The van der Waals surface area contributed by atoms with Crippen LogP contribution in [0.1, 0.15) is 50.4 Å². The normalized spacial score (nSPS) is 11.9. The van der Waals surface area contributed by atoms with E-state index in [1.807, 2.05) is 13.8 Å². The van der Waals surface area contributed by atoms with Gasteiger partial charge >= 0.3 is 5.97 Å². The standard InChI is InChI=1S/C17H23FN2O4/c1-10(2)8-15(21)20-14-6-5-12(9-13(14)18)17(24)19-11(3)4-7-16(22)23/h5-6,9-11H,4,7-8H2,1-3H3,(H,19,24)(H,20,21)(H,22,23). The third kappa shape index (κ3) is 6.76. The minimum atomic E-state index is -0.941. The van der Waals surface area contributed by atoms with Crippen molar-refractivity contribution in [1.29, 1.82) is 0 Å². The highest BCUT2D eigenvalue weighted by molar-refractivity contribution is 5.96. The van der Waals surface area contributed by atoms with Gasteiger partial charge in [0.1, 0.15) is 5.82 Å². The van der Waals surface area contributed by atoms with Crippen molar-refractivity contribution < 1.29 is 23.9 Å². The van der Waals surface area contributed by atoms with E-state index in [9.17, 15) is 18.8 Å². The number of carboxylic acids is 1. The number of hydrogen-bond donors (Lipinski definition) is 3. The molecule has 0 fully saturated rings. The maximum Gasteiger partial charge on any atom is 0.303 e. The third-order valence-corrected chi connectivity index (χ3v) is 3.27. The highest BCUT2D eigenvalue weighted by Crippen LogP contribution is 2.17. The quantitative estimate of drug-likeness (QED) is 0.679. The first kappa shape index (κ1) is 19.6. The van der Waals surface area contributed by atoms with E-state index < -0.39 is 17.7 Å². The Bertz CT molecular complexity index is 617. The summed E-state index contributed by atoms with van der Waals surface area (Å²) >= 11 is 0. The number of nitrogens with one attached hydrogen (secondary N) is 2. The average molecular weight is 338 g/mol. The first-order valence-corrected chi connectivity index (χ1v) is 7.81. The van der Waals surface area contributed by atoms with Crippen molar-refractivity contribution in [2.24, 2.45) is 5.92 Å². The van der Waals surface area contributed by atoms with E-state index in [2.05, 4.69) is 10.6 Å². The van der Waals surface area contributed by atoms with Crippen LogP contribution in [0.4, 0.5) is 10.1 Å². The van der Waals surface area contributed by atoms with Crippen LogP contribution in [0.5, 0.6) is 0 Å². The number of carbonyl (C=O) groups excluding carboxylic acids is 2. The molecule has 0 saturated heterocycles. The molecule has 7 heteroatoms. The Morgan fingerprint density at radius 3 is 2.42 bits per heavy atom. The fourth-order valence-corrected chi connectivity index (χ4v) is 2.05. The summed E-state index contributed by atoms with van der Waals surface area (Å²) in [7, 11) is 0. The van der Waals surface area contributed by atoms with Gasteiger partial charge in [-0.25, -0.2) is 4.39 Å². The van der Waals surface area contributed by atoms with Crippen LogP contribution in [-0.4, -0.2) is 28.9 Å². The molecule has 6 nitrogen and oxygen atoms in total. The fraction of sp³-hybridized carbons (Fsp3) is 0.471. The summed E-state index contributed by atoms with van der Waals surface area (Å²) in [6.07, 6.45) is 0.506. The van der Waals surface area contributed by atoms with E-state index in [0.29, 0.717) is 0 Å². The van der Waals surface area contributed by atoms with E-state index in [1.54, 1.807) is 6.92 Å². The molecule has 1 unspecified atom stereocenters. The van der Waals surface area contributed by atoms with Crippen molar-refractivity contribution >= 4 is 23.5 Å². The first-order chi connectivity index (χ1) is 11.2. The van der Waals surface area contributed by atoms with Crippen LogP contribution < -0.4 is 10.6 Å². The zero-order chi connectivity index (χ0) is 18.3. The van der Waals surface area contributed by atoms with Crippen molar-refractivity contribution in [2.75, 3.05) is 5.32 Å². The van der Waals surface area contributed by atoms with Gasteiger partial charge in [-0.3, -0.25) is 14.4 Å². The molecule has 24 heavy (non-hydrogen) atoms. The van der Waals surface area contributed by atoms with E-state index in [4.69, 9.17) is 5.11 Å². The van der Waals surface area contributed by atoms with Crippen LogP contribution in [-0.2, 0) is 9.59 Å². The minimum absolute atomic E-state index is 0.0242. The summed E-state index contributed by atoms with van der Waals surface area (Å²) in [6.45, 7) is 5.45. The number of carbonyl (C=O) groups is 3. The molecule has 0 spiro atoms. The van der Waals surface area contributed by atoms with E-state index >= 15 is 0 Å². The molecule has 0 aromatic heterocycles. The zero-order valence-corrected chi connectivity index (χ0v) is 14.1. The highest BCUT2D eigenvalue weighted by Gasteiger charge is 2.14. The number of benzene rings is 1. The Kier molecular flexibility index (Phi) is 7.35. The number of hydrogen-bond acceptors (Lipinski definition) is 3. The summed E-state index contributed by atoms with van der Waals surface area (Å²) in [6, 6.07) is 3.45. The van der Waals surface area contributed by atoms with Crippen LogP contribution in [0.2, 0.25) is 0 Å². The van der Waals surface area contributed by atoms with Gasteiger partial charge in [-0.1, -0.05) is 13.8 Å². The van der Waals surface area contributed by atoms with Crippen LogP contribution in [0.25, 0.3) is 0 Å². The Balaban J connectivity index is 2.67. The first-order valence-electron chi connectivity index (χ1n) is 7.81. The van der Waals surface area contributed by atoms with Crippen LogP contribution in [0.15, 0.2) is 18.2 Å². The van der Waals surface area contributed by atoms with Crippen LogP contribution in [0, 0.1) is 11.7 Å². The van der Waals surface area contributed by atoms with Gasteiger partial charge in [0.25, 0.3) is 5.91 Å². The summed E-state index contributed by atoms with van der Waals surface area (Å²) in [4.78, 5) is 34.2. The van der Waals surface area contributed by atoms with Crippen molar-refractivity contribution in [3.63, 3.8) is 0 Å². The van der Waals surface area contributed by atoms with Gasteiger partial charge in [0.2, 0.25) is 5.91 Å². The molecular formula is C17H23FN2O4. The molecule has 2 amide bonds. The van der Waals surface area contributed by atoms with Gasteiger partial charge in [0.15, 0.2) is 0 Å². The van der Waals surface area contributed by atoms with Crippen LogP contribution in [0.3, 0.4) is 0 Å². The van der Waals surface area contributed by atoms with Crippen molar-refractivity contribution in [2.45, 2.75) is 46.1 Å². The second kappa shape index (κ2) is 9.00. The smallest absolute Gasteiger partial charge is 0.303 e. The van der Waals surface area contributed by atoms with Gasteiger partial charge in [0.05, 0.1) is 5.69 Å². The van der Waals surface area contributed by atoms with Gasteiger partial charge in [0, 0.05) is 24.4 Å². The monoisotopic (exact) mass is 338 g/mol. The van der Waals surface area contributed by atoms with Gasteiger partial charge in [-0.15, -0.1) is 0 Å². The molecule has 1 atom stereocenters. The zero-order valence-electron chi connectivity index (χ0n) is 14.1. The maximum absolute atomic E-state index is 14.0. The predicted molar refractivity (Wildman–Crippen MR) is 88.3 cm³/mol. The Morgan fingerprint density at radius 2 is 1.88 bits per heavy atom. The number of halogens is 1. The molecule has 1 rings (SSSR count). The molecule has 132 valence electrons. The number of carboxylic acid groups (broad SMARTS) is 1. The minimum Gasteiger partial charge on any atom is -0.481 e. The highest BCUT2D eigenvalue weighted by atomic mass is 19.1. The van der Waals surface area contributed by atoms with Gasteiger partial charge < -0.3 is 15.7 Å². The third-order valence-electron chi connectivity index (χ3n) is 3.27.